The Hall–Kier alpha value is 0.140. The number of rotatable bonds is 6. The molecule has 1 heterocycles. The van der Waals surface area contributed by atoms with Crippen LogP contribution < -0.4 is 0 Å². The Morgan fingerprint density at radius 1 is 1.23 bits per heavy atom. The van der Waals surface area contributed by atoms with Gasteiger partial charge in [-0.25, -0.2) is 0 Å². The SMILES string of the molecule is CC(C)(C)[S@@+]([O-])N(Cc1ccccc1)[C@H](C1CC1)[C@@H]1CCC(I)C(O)O1. The molecule has 0 bridgehead atoms. The summed E-state index contributed by atoms with van der Waals surface area (Å²) in [5.41, 5.74) is 1.17. The van der Waals surface area contributed by atoms with Crippen LogP contribution in [0.3, 0.4) is 0 Å². The van der Waals surface area contributed by atoms with E-state index in [-0.39, 0.29) is 20.8 Å². The molecular formula is C20H30INO3S. The van der Waals surface area contributed by atoms with Gasteiger partial charge in [0.15, 0.2) is 6.29 Å². The van der Waals surface area contributed by atoms with Gasteiger partial charge in [0.1, 0.15) is 4.75 Å². The maximum Gasteiger partial charge on any atom is 0.166 e. The number of aliphatic hydroxyl groups is 1. The van der Waals surface area contributed by atoms with Gasteiger partial charge in [-0.05, 0) is 57.9 Å². The molecular weight excluding hydrogens is 461 g/mol. The summed E-state index contributed by atoms with van der Waals surface area (Å²) < 4.78 is 21.4. The Bertz CT molecular complexity index is 578. The molecule has 5 atom stereocenters. The van der Waals surface area contributed by atoms with Gasteiger partial charge in [-0.3, -0.25) is 0 Å². The predicted molar refractivity (Wildman–Crippen MR) is 114 cm³/mol. The molecule has 1 aromatic rings. The van der Waals surface area contributed by atoms with E-state index in [1.807, 2.05) is 39.0 Å². The third kappa shape index (κ3) is 5.14. The van der Waals surface area contributed by atoms with Crippen LogP contribution in [0.2, 0.25) is 0 Å². The second-order valence-corrected chi connectivity index (χ2v) is 12.2. The van der Waals surface area contributed by atoms with Gasteiger partial charge < -0.3 is 14.4 Å². The number of benzene rings is 1. The highest BCUT2D eigenvalue weighted by Gasteiger charge is 2.49. The lowest BCUT2D eigenvalue weighted by Gasteiger charge is -2.43. The molecule has 4 nitrogen and oxygen atoms in total. The first-order valence-corrected chi connectivity index (χ1v) is 11.8. The minimum Gasteiger partial charge on any atom is -0.597 e. The molecule has 2 unspecified atom stereocenters. The molecule has 1 aliphatic heterocycles. The van der Waals surface area contributed by atoms with Crippen LogP contribution in [0.5, 0.6) is 0 Å². The van der Waals surface area contributed by atoms with Crippen LogP contribution in [0.1, 0.15) is 52.0 Å². The normalized spacial score (nSPS) is 29.6. The number of aliphatic hydroxyl groups excluding tert-OH is 1. The lowest BCUT2D eigenvalue weighted by Crippen LogP contribution is -2.55. The van der Waals surface area contributed by atoms with Crippen LogP contribution in [0.25, 0.3) is 0 Å². The van der Waals surface area contributed by atoms with Crippen LogP contribution in [0.15, 0.2) is 30.3 Å². The van der Waals surface area contributed by atoms with Crippen LogP contribution in [0, 0.1) is 5.92 Å². The molecule has 0 spiro atoms. The molecule has 1 saturated heterocycles. The number of nitrogens with zero attached hydrogens (tertiary/aromatic N) is 1. The van der Waals surface area contributed by atoms with E-state index in [4.69, 9.17) is 4.74 Å². The van der Waals surface area contributed by atoms with E-state index >= 15 is 0 Å². The summed E-state index contributed by atoms with van der Waals surface area (Å²) in [4.78, 5) is 0. The maximum atomic E-state index is 13.4. The zero-order valence-corrected chi connectivity index (χ0v) is 18.8. The summed E-state index contributed by atoms with van der Waals surface area (Å²) in [6, 6.07) is 10.3. The Morgan fingerprint density at radius 2 is 1.88 bits per heavy atom. The Balaban J connectivity index is 1.86. The fraction of sp³-hybridized carbons (Fsp3) is 0.700. The second kappa shape index (κ2) is 8.66. The van der Waals surface area contributed by atoms with Gasteiger partial charge in [0, 0.05) is 11.4 Å². The smallest absolute Gasteiger partial charge is 0.166 e. The summed E-state index contributed by atoms with van der Waals surface area (Å²) in [7, 11) is 0. The average Bonchev–Trinajstić information content (AvgIpc) is 3.42. The molecule has 146 valence electrons. The van der Waals surface area contributed by atoms with Gasteiger partial charge in [0.2, 0.25) is 0 Å². The van der Waals surface area contributed by atoms with E-state index in [1.165, 1.54) is 5.56 Å². The average molecular weight is 491 g/mol. The zero-order valence-electron chi connectivity index (χ0n) is 15.8. The van der Waals surface area contributed by atoms with Crippen molar-refractivity contribution in [2.24, 2.45) is 5.92 Å². The van der Waals surface area contributed by atoms with Crippen molar-refractivity contribution in [1.82, 2.24) is 4.31 Å². The van der Waals surface area contributed by atoms with E-state index < -0.39 is 17.7 Å². The highest BCUT2D eigenvalue weighted by atomic mass is 127. The van der Waals surface area contributed by atoms with E-state index in [2.05, 4.69) is 39.0 Å². The molecule has 3 rings (SSSR count). The van der Waals surface area contributed by atoms with Gasteiger partial charge in [0.25, 0.3) is 0 Å². The third-order valence-electron chi connectivity index (χ3n) is 5.09. The molecule has 26 heavy (non-hydrogen) atoms. The van der Waals surface area contributed by atoms with Crippen LogP contribution in [0.4, 0.5) is 0 Å². The maximum absolute atomic E-state index is 13.4. The number of alkyl halides is 1. The van der Waals surface area contributed by atoms with Gasteiger partial charge in [-0.15, -0.1) is 4.31 Å². The van der Waals surface area contributed by atoms with Crippen molar-refractivity contribution in [3.8, 4) is 0 Å². The lowest BCUT2D eigenvalue weighted by molar-refractivity contribution is -0.172. The molecule has 2 fully saturated rings. The van der Waals surface area contributed by atoms with Gasteiger partial charge in [-0.2, -0.15) is 0 Å². The van der Waals surface area contributed by atoms with Crippen molar-refractivity contribution in [1.29, 1.82) is 0 Å². The first-order valence-electron chi connectivity index (χ1n) is 9.47. The fourth-order valence-electron chi connectivity index (χ4n) is 3.60. The minimum atomic E-state index is -1.14. The molecule has 1 aliphatic carbocycles. The molecule has 1 saturated carbocycles. The fourth-order valence-corrected chi connectivity index (χ4v) is 5.63. The Kier molecular flexibility index (Phi) is 6.95. The van der Waals surface area contributed by atoms with Gasteiger partial charge in [-0.1, -0.05) is 52.9 Å². The summed E-state index contributed by atoms with van der Waals surface area (Å²) in [6.07, 6.45) is 3.38. The predicted octanol–water partition coefficient (Wildman–Crippen LogP) is 4.03. The number of ether oxygens (including phenoxy) is 1. The van der Waals surface area contributed by atoms with Gasteiger partial charge >= 0.3 is 0 Å². The van der Waals surface area contributed by atoms with Crippen LogP contribution >= 0.6 is 22.6 Å². The largest absolute Gasteiger partial charge is 0.597 e. The molecule has 2 aliphatic rings. The van der Waals surface area contributed by atoms with Gasteiger partial charge in [0.05, 0.1) is 22.6 Å². The molecule has 1 N–H and O–H groups in total. The number of halogens is 1. The van der Waals surface area contributed by atoms with E-state index in [0.717, 1.165) is 25.7 Å². The summed E-state index contributed by atoms with van der Waals surface area (Å²) in [6.45, 7) is 6.74. The highest BCUT2D eigenvalue weighted by molar-refractivity contribution is 14.1. The molecule has 6 heteroatoms. The van der Waals surface area contributed by atoms with E-state index in [9.17, 15) is 9.66 Å². The van der Waals surface area contributed by atoms with Crippen LogP contribution in [-0.2, 0) is 22.6 Å². The second-order valence-electron chi connectivity index (χ2n) is 8.41. The minimum absolute atomic E-state index is 0.0569. The van der Waals surface area contributed by atoms with Crippen molar-refractivity contribution in [3.63, 3.8) is 0 Å². The first-order chi connectivity index (χ1) is 12.3. The lowest BCUT2D eigenvalue weighted by atomic mass is 9.97. The van der Waals surface area contributed by atoms with E-state index in [1.54, 1.807) is 0 Å². The van der Waals surface area contributed by atoms with Crippen molar-refractivity contribution < 1.29 is 14.4 Å². The highest BCUT2D eigenvalue weighted by Crippen LogP contribution is 2.43. The molecule has 0 amide bonds. The molecule has 0 radical (unpaired) electrons. The van der Waals surface area contributed by atoms with Crippen molar-refractivity contribution >= 4 is 34.0 Å². The summed E-state index contributed by atoms with van der Waals surface area (Å²) in [5.74, 6) is 0.507. The topological polar surface area (TPSA) is 55.8 Å². The third-order valence-corrected chi connectivity index (χ3v) is 8.17. The van der Waals surface area contributed by atoms with E-state index in [0.29, 0.717) is 12.5 Å². The monoisotopic (exact) mass is 491 g/mol. The Labute approximate surface area is 174 Å². The van der Waals surface area contributed by atoms with Crippen molar-refractivity contribution in [2.45, 2.75) is 80.1 Å². The van der Waals surface area contributed by atoms with Crippen molar-refractivity contribution in [3.05, 3.63) is 35.9 Å². The van der Waals surface area contributed by atoms with Crippen molar-refractivity contribution in [2.75, 3.05) is 0 Å². The standard InChI is InChI=1S/C20H30INO3S/c1-20(2,3)26(24)22(13-14-7-5-4-6-8-14)18(15-9-10-15)17-12-11-16(21)19(23)25-17/h4-8,15-19,23H,9-13H2,1-3H3/t16?,17-,18+,19?,26+/m0/s1. The van der Waals surface area contributed by atoms with Crippen LogP contribution in [-0.4, -0.2) is 41.1 Å². The number of hydrogen-bond donors (Lipinski definition) is 1. The quantitative estimate of drug-likeness (QED) is 0.371. The summed E-state index contributed by atoms with van der Waals surface area (Å²) >= 11 is 1.12. The zero-order chi connectivity index (χ0) is 18.9. The molecule has 0 aromatic heterocycles. The summed E-state index contributed by atoms with van der Waals surface area (Å²) in [5, 5.41) is 10.2. The molecule has 1 aromatic carbocycles. The Morgan fingerprint density at radius 3 is 2.42 bits per heavy atom. The number of hydrogen-bond acceptors (Lipinski definition) is 4. The first kappa shape index (κ1) is 20.9.